The summed E-state index contributed by atoms with van der Waals surface area (Å²) in [4.78, 5) is 28.6. The minimum atomic E-state index is -1.27. The van der Waals surface area contributed by atoms with Gasteiger partial charge in [0.2, 0.25) is 0 Å². The van der Waals surface area contributed by atoms with Crippen LogP contribution in [0.3, 0.4) is 0 Å². The predicted octanol–water partition coefficient (Wildman–Crippen LogP) is 2.97. The molecule has 8 heteroatoms. The third-order valence-corrected chi connectivity index (χ3v) is 5.60. The lowest BCUT2D eigenvalue weighted by Crippen LogP contribution is -2.23. The van der Waals surface area contributed by atoms with Crippen LogP contribution in [0, 0.1) is 0 Å². The number of anilines is 3. The SMILES string of the molecule is CCc1cc(N2CCn3nc(NC(=O)C(O)c4ccccc4)cc32)ccc1C(=O)N(C)C. The molecule has 8 nitrogen and oxygen atoms in total. The molecule has 0 saturated carbocycles. The lowest BCUT2D eigenvalue weighted by molar-refractivity contribution is -0.124. The van der Waals surface area contributed by atoms with Crippen molar-refractivity contribution in [2.24, 2.45) is 0 Å². The van der Waals surface area contributed by atoms with Gasteiger partial charge in [-0.3, -0.25) is 9.59 Å². The largest absolute Gasteiger partial charge is 0.378 e. The summed E-state index contributed by atoms with van der Waals surface area (Å²) in [6, 6.07) is 16.4. The first-order valence-electron chi connectivity index (χ1n) is 10.6. The van der Waals surface area contributed by atoms with Crippen LogP contribution < -0.4 is 10.2 Å². The molecule has 1 aromatic heterocycles. The maximum absolute atomic E-state index is 12.5. The number of rotatable bonds is 6. The fraction of sp³-hybridized carbons (Fsp3) is 0.292. The second kappa shape index (κ2) is 8.84. The van der Waals surface area contributed by atoms with Crippen molar-refractivity contribution >= 4 is 29.1 Å². The Hall–Kier alpha value is -3.65. The first-order chi connectivity index (χ1) is 15.4. The van der Waals surface area contributed by atoms with Gasteiger partial charge in [0, 0.05) is 38.0 Å². The Morgan fingerprint density at radius 1 is 1.12 bits per heavy atom. The van der Waals surface area contributed by atoms with Crippen molar-refractivity contribution < 1.29 is 14.7 Å². The van der Waals surface area contributed by atoms with Crippen molar-refractivity contribution in [1.29, 1.82) is 0 Å². The predicted molar refractivity (Wildman–Crippen MR) is 123 cm³/mol. The highest BCUT2D eigenvalue weighted by Gasteiger charge is 2.26. The fourth-order valence-electron chi connectivity index (χ4n) is 3.89. The van der Waals surface area contributed by atoms with Gasteiger partial charge in [0.1, 0.15) is 5.82 Å². The summed E-state index contributed by atoms with van der Waals surface area (Å²) < 4.78 is 1.83. The van der Waals surface area contributed by atoms with Crippen LogP contribution in [0.25, 0.3) is 0 Å². The van der Waals surface area contributed by atoms with Crippen molar-refractivity contribution in [3.63, 3.8) is 0 Å². The average molecular weight is 434 g/mol. The summed E-state index contributed by atoms with van der Waals surface area (Å²) in [6.45, 7) is 3.45. The topological polar surface area (TPSA) is 90.7 Å². The standard InChI is InChI=1S/C24H27N5O3/c1-4-16-14-18(10-11-19(16)24(32)27(2)3)28-12-13-29-21(28)15-20(26-29)25-23(31)22(30)17-8-6-5-7-9-17/h5-11,14-15,22,30H,4,12-13H2,1-3H3,(H,25,26,31). The van der Waals surface area contributed by atoms with Crippen LogP contribution >= 0.6 is 0 Å². The van der Waals surface area contributed by atoms with E-state index in [1.165, 1.54) is 0 Å². The second-order valence-corrected chi connectivity index (χ2v) is 7.96. The molecule has 0 fully saturated rings. The third kappa shape index (κ3) is 4.09. The van der Waals surface area contributed by atoms with Crippen molar-refractivity contribution in [3.05, 3.63) is 71.3 Å². The molecule has 2 heterocycles. The number of hydrogen-bond acceptors (Lipinski definition) is 5. The number of aromatic nitrogens is 2. The number of carbonyl (C=O) groups excluding carboxylic acids is 2. The van der Waals surface area contributed by atoms with Crippen molar-refractivity contribution in [2.75, 3.05) is 30.9 Å². The van der Waals surface area contributed by atoms with E-state index >= 15 is 0 Å². The molecule has 32 heavy (non-hydrogen) atoms. The molecule has 0 spiro atoms. The molecule has 1 aliphatic rings. The van der Waals surface area contributed by atoms with Crippen LogP contribution in [-0.2, 0) is 17.8 Å². The number of hydrogen-bond donors (Lipinski definition) is 2. The van der Waals surface area contributed by atoms with Gasteiger partial charge in [-0.1, -0.05) is 37.3 Å². The van der Waals surface area contributed by atoms with Crippen LogP contribution in [0.2, 0.25) is 0 Å². The Bertz CT molecular complexity index is 1140. The first kappa shape index (κ1) is 21.6. The van der Waals surface area contributed by atoms with E-state index in [0.29, 0.717) is 23.5 Å². The molecule has 1 unspecified atom stereocenters. The highest BCUT2D eigenvalue weighted by molar-refractivity contribution is 5.96. The van der Waals surface area contributed by atoms with Crippen LogP contribution in [0.1, 0.15) is 34.5 Å². The van der Waals surface area contributed by atoms with Gasteiger partial charge in [0.15, 0.2) is 11.9 Å². The maximum Gasteiger partial charge on any atom is 0.259 e. The zero-order chi connectivity index (χ0) is 22.8. The Balaban J connectivity index is 1.54. The van der Waals surface area contributed by atoms with Gasteiger partial charge in [-0.25, -0.2) is 4.68 Å². The summed E-state index contributed by atoms with van der Waals surface area (Å²) in [5, 5.41) is 17.5. The Morgan fingerprint density at radius 2 is 1.88 bits per heavy atom. The van der Waals surface area contributed by atoms with E-state index in [9.17, 15) is 14.7 Å². The lowest BCUT2D eigenvalue weighted by atomic mass is 10.0. The normalized spacial score (nSPS) is 13.6. The Labute approximate surface area is 187 Å². The summed E-state index contributed by atoms with van der Waals surface area (Å²) in [7, 11) is 3.50. The van der Waals surface area contributed by atoms with E-state index < -0.39 is 12.0 Å². The van der Waals surface area contributed by atoms with Gasteiger partial charge in [-0.15, -0.1) is 0 Å². The van der Waals surface area contributed by atoms with Gasteiger partial charge in [-0.05, 0) is 35.7 Å². The van der Waals surface area contributed by atoms with E-state index in [-0.39, 0.29) is 5.91 Å². The highest BCUT2D eigenvalue weighted by Crippen LogP contribution is 2.33. The quantitative estimate of drug-likeness (QED) is 0.624. The van der Waals surface area contributed by atoms with E-state index in [1.54, 1.807) is 49.3 Å². The molecular weight excluding hydrogens is 406 g/mol. The zero-order valence-electron chi connectivity index (χ0n) is 18.4. The van der Waals surface area contributed by atoms with Crippen LogP contribution in [0.15, 0.2) is 54.6 Å². The summed E-state index contributed by atoms with van der Waals surface area (Å²) >= 11 is 0. The van der Waals surface area contributed by atoms with Gasteiger partial charge >= 0.3 is 0 Å². The van der Waals surface area contributed by atoms with Gasteiger partial charge in [0.25, 0.3) is 11.8 Å². The molecule has 0 saturated heterocycles. The molecular formula is C24H27N5O3. The van der Waals surface area contributed by atoms with E-state index in [0.717, 1.165) is 30.0 Å². The average Bonchev–Trinajstić information content (AvgIpc) is 3.38. The number of fused-ring (bicyclic) bond motifs is 1. The number of amides is 2. The zero-order valence-corrected chi connectivity index (χ0v) is 18.4. The molecule has 0 radical (unpaired) electrons. The first-order valence-corrected chi connectivity index (χ1v) is 10.6. The number of benzene rings is 2. The third-order valence-electron chi connectivity index (χ3n) is 5.60. The molecule has 1 atom stereocenters. The molecule has 1 aliphatic heterocycles. The van der Waals surface area contributed by atoms with Crippen molar-refractivity contribution in [2.45, 2.75) is 26.0 Å². The van der Waals surface area contributed by atoms with E-state index in [1.807, 2.05) is 35.9 Å². The monoisotopic (exact) mass is 433 g/mol. The summed E-state index contributed by atoms with van der Waals surface area (Å²) in [6.07, 6.45) is -0.521. The second-order valence-electron chi connectivity index (χ2n) is 7.96. The molecule has 2 aromatic carbocycles. The smallest absolute Gasteiger partial charge is 0.259 e. The fourth-order valence-corrected chi connectivity index (χ4v) is 3.89. The highest BCUT2D eigenvalue weighted by atomic mass is 16.3. The van der Waals surface area contributed by atoms with Crippen LogP contribution in [-0.4, -0.2) is 52.2 Å². The molecule has 2 amide bonds. The molecule has 2 N–H and O–H groups in total. The number of nitrogens with zero attached hydrogens (tertiary/aromatic N) is 4. The van der Waals surface area contributed by atoms with E-state index in [2.05, 4.69) is 15.3 Å². The van der Waals surface area contributed by atoms with Crippen molar-refractivity contribution in [1.82, 2.24) is 14.7 Å². The van der Waals surface area contributed by atoms with Gasteiger partial charge in [-0.2, -0.15) is 5.10 Å². The van der Waals surface area contributed by atoms with Crippen molar-refractivity contribution in [3.8, 4) is 0 Å². The Morgan fingerprint density at radius 3 is 2.56 bits per heavy atom. The van der Waals surface area contributed by atoms with Gasteiger partial charge in [0.05, 0.1) is 6.54 Å². The van der Waals surface area contributed by atoms with E-state index in [4.69, 9.17) is 0 Å². The van der Waals surface area contributed by atoms with Crippen LogP contribution in [0.5, 0.6) is 0 Å². The molecule has 0 bridgehead atoms. The Kier molecular flexibility index (Phi) is 5.96. The number of aliphatic hydroxyl groups excluding tert-OH is 1. The minimum absolute atomic E-state index is 0.0122. The number of aliphatic hydroxyl groups is 1. The number of carbonyl (C=O) groups is 2. The lowest BCUT2D eigenvalue weighted by Gasteiger charge is -2.20. The molecule has 166 valence electrons. The number of aryl methyl sites for hydroxylation is 1. The summed E-state index contributed by atoms with van der Waals surface area (Å²) in [5.74, 6) is 0.698. The van der Waals surface area contributed by atoms with Gasteiger partial charge < -0.3 is 20.2 Å². The number of nitrogens with one attached hydrogen (secondary N) is 1. The minimum Gasteiger partial charge on any atom is -0.378 e. The maximum atomic E-state index is 12.5. The molecule has 4 rings (SSSR count). The molecule has 0 aliphatic carbocycles. The molecule has 3 aromatic rings. The summed E-state index contributed by atoms with van der Waals surface area (Å²) in [5.41, 5.74) is 3.19. The van der Waals surface area contributed by atoms with Crippen LogP contribution in [0.4, 0.5) is 17.3 Å².